The minimum absolute atomic E-state index is 0.159. The third kappa shape index (κ3) is 3.45. The summed E-state index contributed by atoms with van der Waals surface area (Å²) in [5.74, 6) is 0.355. The van der Waals surface area contributed by atoms with Crippen molar-refractivity contribution in [2.75, 3.05) is 13.1 Å². The summed E-state index contributed by atoms with van der Waals surface area (Å²) in [5, 5.41) is 10.7. The molecule has 1 aliphatic rings. The maximum Gasteiger partial charge on any atom is 0.410 e. The van der Waals surface area contributed by atoms with Crippen molar-refractivity contribution in [2.24, 2.45) is 0 Å². The quantitative estimate of drug-likeness (QED) is 0.846. The monoisotopic (exact) mass is 279 g/mol. The van der Waals surface area contributed by atoms with E-state index in [2.05, 4.69) is 9.97 Å². The number of hydrogen-bond donors (Lipinski definition) is 1. The molecule has 0 aliphatic carbocycles. The molecule has 1 amide bonds. The van der Waals surface area contributed by atoms with Crippen LogP contribution in [0.2, 0.25) is 0 Å². The topological polar surface area (TPSA) is 75.5 Å². The second-order valence-corrected chi connectivity index (χ2v) is 6.11. The van der Waals surface area contributed by atoms with Crippen LogP contribution in [0.25, 0.3) is 0 Å². The van der Waals surface area contributed by atoms with Crippen molar-refractivity contribution >= 4 is 6.09 Å². The van der Waals surface area contributed by atoms with Gasteiger partial charge in [0.05, 0.1) is 6.54 Å². The summed E-state index contributed by atoms with van der Waals surface area (Å²) >= 11 is 0. The Labute approximate surface area is 118 Å². The second kappa shape index (κ2) is 5.36. The molecule has 110 valence electrons. The maximum absolute atomic E-state index is 12.1. The Morgan fingerprint density at radius 3 is 2.65 bits per heavy atom. The molecule has 6 heteroatoms. The lowest BCUT2D eigenvalue weighted by molar-refractivity contribution is -0.0515. The van der Waals surface area contributed by atoms with Gasteiger partial charge in [0.25, 0.3) is 0 Å². The van der Waals surface area contributed by atoms with E-state index in [0.29, 0.717) is 25.2 Å². The number of β-amino-alcohol motifs (C(OH)–C–C–N with tert-alkyl or cyclic N) is 1. The Kier molecular flexibility index (Phi) is 3.94. The van der Waals surface area contributed by atoms with Gasteiger partial charge < -0.3 is 14.7 Å². The molecular weight excluding hydrogens is 258 g/mol. The van der Waals surface area contributed by atoms with Crippen LogP contribution in [0.1, 0.15) is 39.4 Å². The fourth-order valence-corrected chi connectivity index (χ4v) is 2.24. The normalized spacial score (nSPS) is 23.5. The molecule has 20 heavy (non-hydrogen) atoms. The van der Waals surface area contributed by atoms with Gasteiger partial charge in [-0.1, -0.05) is 0 Å². The van der Waals surface area contributed by atoms with Crippen LogP contribution < -0.4 is 0 Å². The van der Waals surface area contributed by atoms with Crippen LogP contribution >= 0.6 is 0 Å². The Morgan fingerprint density at radius 2 is 2.05 bits per heavy atom. The van der Waals surface area contributed by atoms with Gasteiger partial charge in [0.2, 0.25) is 0 Å². The maximum atomic E-state index is 12.1. The molecule has 1 aliphatic heterocycles. The van der Waals surface area contributed by atoms with E-state index in [1.807, 2.05) is 20.8 Å². The zero-order chi connectivity index (χ0) is 14.8. The first-order valence-electron chi connectivity index (χ1n) is 6.78. The molecule has 1 N–H and O–H groups in total. The first kappa shape index (κ1) is 14.7. The zero-order valence-electron chi connectivity index (χ0n) is 12.2. The molecule has 0 aromatic carbocycles. The highest BCUT2D eigenvalue weighted by Crippen LogP contribution is 2.29. The van der Waals surface area contributed by atoms with Gasteiger partial charge in [-0.3, -0.25) is 0 Å². The number of carbonyl (C=O) groups excluding carboxylic acids is 1. The Morgan fingerprint density at radius 1 is 1.40 bits per heavy atom. The van der Waals surface area contributed by atoms with E-state index in [-0.39, 0.29) is 6.54 Å². The number of aliphatic hydroxyl groups is 1. The van der Waals surface area contributed by atoms with Crippen LogP contribution in [0.15, 0.2) is 18.5 Å². The predicted molar refractivity (Wildman–Crippen MR) is 73.0 cm³/mol. The number of aromatic nitrogens is 2. The van der Waals surface area contributed by atoms with Gasteiger partial charge in [0.1, 0.15) is 11.2 Å². The van der Waals surface area contributed by atoms with Gasteiger partial charge in [-0.25, -0.2) is 14.8 Å². The third-order valence-electron chi connectivity index (χ3n) is 3.10. The molecule has 1 unspecified atom stereocenters. The first-order valence-corrected chi connectivity index (χ1v) is 6.78. The standard InChI is InChI=1S/C14H21N3O3/c1-13(2,3)20-12(18)17-9-4-6-14(19,10-17)11-15-7-5-8-16-11/h5,7-8,19H,4,6,9-10H2,1-3H3. The van der Waals surface area contributed by atoms with Gasteiger partial charge in [-0.05, 0) is 39.7 Å². The fraction of sp³-hybridized carbons (Fsp3) is 0.643. The van der Waals surface area contributed by atoms with E-state index < -0.39 is 17.3 Å². The molecule has 1 fully saturated rings. The Hall–Kier alpha value is -1.69. The summed E-state index contributed by atoms with van der Waals surface area (Å²) in [7, 11) is 0. The highest BCUT2D eigenvalue weighted by atomic mass is 16.6. The molecule has 0 radical (unpaired) electrons. The van der Waals surface area contributed by atoms with Crippen molar-refractivity contribution in [3.05, 3.63) is 24.3 Å². The summed E-state index contributed by atoms with van der Waals surface area (Å²) in [6.07, 6.45) is 4.00. The van der Waals surface area contributed by atoms with Crippen LogP contribution in [0.5, 0.6) is 0 Å². The lowest BCUT2D eigenvalue weighted by Gasteiger charge is -2.38. The first-order chi connectivity index (χ1) is 9.30. The summed E-state index contributed by atoms with van der Waals surface area (Å²) < 4.78 is 5.34. The average molecular weight is 279 g/mol. The number of ether oxygens (including phenoxy) is 1. The van der Waals surface area contributed by atoms with Crippen molar-refractivity contribution in [3.63, 3.8) is 0 Å². The van der Waals surface area contributed by atoms with Crippen molar-refractivity contribution in [3.8, 4) is 0 Å². The Balaban J connectivity index is 2.11. The molecule has 1 aromatic rings. The van der Waals surface area contributed by atoms with E-state index in [0.717, 1.165) is 0 Å². The molecule has 1 aromatic heterocycles. The van der Waals surface area contributed by atoms with E-state index >= 15 is 0 Å². The minimum atomic E-state index is -1.20. The molecular formula is C14H21N3O3. The summed E-state index contributed by atoms with van der Waals surface area (Å²) in [4.78, 5) is 21.8. The van der Waals surface area contributed by atoms with Crippen LogP contribution in [-0.4, -0.2) is 44.8 Å². The van der Waals surface area contributed by atoms with Gasteiger partial charge in [-0.2, -0.15) is 0 Å². The van der Waals surface area contributed by atoms with E-state index in [1.165, 1.54) is 4.90 Å². The number of nitrogens with zero attached hydrogens (tertiary/aromatic N) is 3. The van der Waals surface area contributed by atoms with Gasteiger partial charge >= 0.3 is 6.09 Å². The summed E-state index contributed by atoms with van der Waals surface area (Å²) in [6, 6.07) is 1.70. The third-order valence-corrected chi connectivity index (χ3v) is 3.10. The van der Waals surface area contributed by atoms with Crippen LogP contribution in [-0.2, 0) is 10.3 Å². The number of amides is 1. The van der Waals surface area contributed by atoms with Gasteiger partial charge in [-0.15, -0.1) is 0 Å². The largest absolute Gasteiger partial charge is 0.444 e. The number of likely N-dealkylation sites (tertiary alicyclic amines) is 1. The van der Waals surface area contributed by atoms with Crippen LogP contribution in [0.4, 0.5) is 4.79 Å². The smallest absolute Gasteiger partial charge is 0.410 e. The van der Waals surface area contributed by atoms with E-state index in [1.54, 1.807) is 18.5 Å². The van der Waals surface area contributed by atoms with Crippen molar-refractivity contribution in [1.29, 1.82) is 0 Å². The molecule has 2 rings (SSSR count). The van der Waals surface area contributed by atoms with Crippen molar-refractivity contribution in [1.82, 2.24) is 14.9 Å². The van der Waals surface area contributed by atoms with Crippen molar-refractivity contribution < 1.29 is 14.6 Å². The molecule has 0 bridgehead atoms. The highest BCUT2D eigenvalue weighted by Gasteiger charge is 2.40. The lowest BCUT2D eigenvalue weighted by Crippen LogP contribution is -2.50. The average Bonchev–Trinajstić information content (AvgIpc) is 2.38. The molecule has 6 nitrogen and oxygen atoms in total. The minimum Gasteiger partial charge on any atom is -0.444 e. The molecule has 0 spiro atoms. The Bertz CT molecular complexity index is 472. The number of hydrogen-bond acceptors (Lipinski definition) is 5. The number of carbonyl (C=O) groups is 1. The SMILES string of the molecule is CC(C)(C)OC(=O)N1CCCC(O)(c2ncccn2)C1. The molecule has 1 saturated heterocycles. The fourth-order valence-electron chi connectivity index (χ4n) is 2.24. The summed E-state index contributed by atoms with van der Waals surface area (Å²) in [5.41, 5.74) is -1.74. The predicted octanol–water partition coefficient (Wildman–Crippen LogP) is 1.70. The molecule has 2 heterocycles. The van der Waals surface area contributed by atoms with Gasteiger partial charge in [0.15, 0.2) is 5.82 Å². The highest BCUT2D eigenvalue weighted by molar-refractivity contribution is 5.68. The van der Waals surface area contributed by atoms with E-state index in [4.69, 9.17) is 4.74 Å². The van der Waals surface area contributed by atoms with E-state index in [9.17, 15) is 9.90 Å². The number of rotatable bonds is 1. The lowest BCUT2D eigenvalue weighted by atomic mass is 9.92. The molecule has 0 saturated carbocycles. The zero-order valence-corrected chi connectivity index (χ0v) is 12.2. The van der Waals surface area contributed by atoms with Gasteiger partial charge in [0, 0.05) is 18.9 Å². The van der Waals surface area contributed by atoms with Crippen LogP contribution in [0.3, 0.4) is 0 Å². The summed E-state index contributed by atoms with van der Waals surface area (Å²) in [6.45, 7) is 6.19. The second-order valence-electron chi connectivity index (χ2n) is 6.11. The van der Waals surface area contributed by atoms with Crippen molar-refractivity contribution in [2.45, 2.75) is 44.8 Å². The molecule has 1 atom stereocenters. The van der Waals surface area contributed by atoms with Crippen LogP contribution in [0, 0.1) is 0 Å². The number of piperidine rings is 1.